The Labute approximate surface area is 164 Å². The Hall–Kier alpha value is -2.22. The van der Waals surface area contributed by atoms with Crippen molar-refractivity contribution in [2.45, 2.75) is 44.0 Å². The summed E-state index contributed by atoms with van der Waals surface area (Å²) in [5.74, 6) is 2.58. The number of ether oxygens (including phenoxy) is 2. The van der Waals surface area contributed by atoms with Crippen LogP contribution in [0.1, 0.15) is 32.0 Å². The van der Waals surface area contributed by atoms with Crippen molar-refractivity contribution in [3.8, 4) is 11.5 Å². The number of likely N-dealkylation sites (tertiary alicyclic amines) is 1. The lowest BCUT2D eigenvalue weighted by molar-refractivity contribution is -0.131. The summed E-state index contributed by atoms with van der Waals surface area (Å²) in [5.41, 5.74) is 0. The highest BCUT2D eigenvalue weighted by Gasteiger charge is 2.23. The predicted octanol–water partition coefficient (Wildman–Crippen LogP) is 2.90. The van der Waals surface area contributed by atoms with Crippen molar-refractivity contribution in [3.05, 3.63) is 30.1 Å². The second-order valence-corrected chi connectivity index (χ2v) is 7.56. The van der Waals surface area contributed by atoms with E-state index in [1.165, 1.54) is 18.2 Å². The number of nitrogens with zero attached hydrogens (tertiary/aromatic N) is 4. The van der Waals surface area contributed by atoms with Crippen LogP contribution in [0.2, 0.25) is 0 Å². The quantitative estimate of drug-likeness (QED) is 0.677. The minimum absolute atomic E-state index is 0.169. The molecule has 1 aliphatic rings. The number of carbonyl (C=O) groups is 1. The summed E-state index contributed by atoms with van der Waals surface area (Å²) in [6, 6.07) is 7.81. The first-order chi connectivity index (χ1) is 13.1. The lowest BCUT2D eigenvalue weighted by Crippen LogP contribution is -2.42. The van der Waals surface area contributed by atoms with Crippen molar-refractivity contribution in [2.24, 2.45) is 7.05 Å². The van der Waals surface area contributed by atoms with Gasteiger partial charge in [-0.15, -0.1) is 10.2 Å². The summed E-state index contributed by atoms with van der Waals surface area (Å²) in [5, 5.41) is 9.11. The normalized spacial score (nSPS) is 17.0. The molecular weight excluding hydrogens is 364 g/mol. The van der Waals surface area contributed by atoms with Crippen LogP contribution in [0, 0.1) is 0 Å². The third kappa shape index (κ3) is 4.74. The van der Waals surface area contributed by atoms with Crippen LogP contribution >= 0.6 is 11.8 Å². The average Bonchev–Trinajstić information content (AvgIpc) is 3.04. The van der Waals surface area contributed by atoms with E-state index in [0.29, 0.717) is 34.3 Å². The van der Waals surface area contributed by atoms with Gasteiger partial charge in [-0.2, -0.15) is 0 Å². The highest BCUT2D eigenvalue weighted by Crippen LogP contribution is 2.27. The van der Waals surface area contributed by atoms with E-state index >= 15 is 0 Å². The maximum absolute atomic E-state index is 12.5. The first kappa shape index (κ1) is 19.5. The van der Waals surface area contributed by atoms with Crippen LogP contribution in [-0.2, 0) is 18.4 Å². The SMILES string of the molecule is COc1ccccc1OCc1nnc(SCC(=O)N2CCCC[C@H]2C)n1C. The Kier molecular flexibility index (Phi) is 6.60. The number of hydrogen-bond acceptors (Lipinski definition) is 6. The fraction of sp³-hybridized carbons (Fsp3) is 0.526. The lowest BCUT2D eigenvalue weighted by Gasteiger charge is -2.33. The molecule has 7 nitrogen and oxygen atoms in total. The van der Waals surface area contributed by atoms with Gasteiger partial charge in [-0.1, -0.05) is 23.9 Å². The van der Waals surface area contributed by atoms with Crippen molar-refractivity contribution < 1.29 is 14.3 Å². The zero-order valence-corrected chi connectivity index (χ0v) is 16.9. The molecule has 2 aromatic rings. The molecule has 0 N–H and O–H groups in total. The van der Waals surface area contributed by atoms with Gasteiger partial charge in [0.2, 0.25) is 5.91 Å². The molecule has 146 valence electrons. The molecule has 0 radical (unpaired) electrons. The van der Waals surface area contributed by atoms with Crippen LogP contribution in [0.3, 0.4) is 0 Å². The summed E-state index contributed by atoms with van der Waals surface area (Å²) in [7, 11) is 3.50. The van der Waals surface area contributed by atoms with E-state index in [2.05, 4.69) is 17.1 Å². The van der Waals surface area contributed by atoms with Crippen LogP contribution < -0.4 is 9.47 Å². The molecular formula is C19H26N4O3S. The fourth-order valence-corrected chi connectivity index (χ4v) is 3.97. The average molecular weight is 391 g/mol. The molecule has 2 heterocycles. The molecule has 1 fully saturated rings. The molecule has 1 amide bonds. The lowest BCUT2D eigenvalue weighted by atomic mass is 10.0. The standard InChI is InChI=1S/C19H26N4O3S/c1-14-8-6-7-11-23(14)18(24)13-27-19-21-20-17(22(19)2)12-26-16-10-5-4-9-15(16)25-3/h4-5,9-10,14H,6-8,11-13H2,1-3H3/t14-/m1/s1. The molecule has 0 spiro atoms. The number of carbonyl (C=O) groups excluding carboxylic acids is 1. The second-order valence-electron chi connectivity index (χ2n) is 6.62. The van der Waals surface area contributed by atoms with Crippen molar-refractivity contribution in [2.75, 3.05) is 19.4 Å². The van der Waals surface area contributed by atoms with Gasteiger partial charge >= 0.3 is 0 Å². The van der Waals surface area contributed by atoms with Gasteiger partial charge in [-0.25, -0.2) is 0 Å². The Bertz CT molecular complexity index is 780. The van der Waals surface area contributed by atoms with E-state index < -0.39 is 0 Å². The maximum Gasteiger partial charge on any atom is 0.233 e. The number of piperidine rings is 1. The number of para-hydroxylation sites is 2. The zero-order valence-electron chi connectivity index (χ0n) is 16.1. The highest BCUT2D eigenvalue weighted by molar-refractivity contribution is 7.99. The van der Waals surface area contributed by atoms with E-state index in [9.17, 15) is 4.79 Å². The van der Waals surface area contributed by atoms with Crippen LogP contribution in [-0.4, -0.2) is 51.0 Å². The number of benzene rings is 1. The summed E-state index contributed by atoms with van der Waals surface area (Å²) >= 11 is 1.42. The number of hydrogen-bond donors (Lipinski definition) is 0. The molecule has 0 bridgehead atoms. The Morgan fingerprint density at radius 3 is 2.78 bits per heavy atom. The Morgan fingerprint density at radius 1 is 1.26 bits per heavy atom. The summed E-state index contributed by atoms with van der Waals surface area (Å²) in [4.78, 5) is 14.5. The zero-order chi connectivity index (χ0) is 19.2. The smallest absolute Gasteiger partial charge is 0.233 e. The molecule has 8 heteroatoms. The maximum atomic E-state index is 12.5. The molecule has 27 heavy (non-hydrogen) atoms. The highest BCUT2D eigenvalue weighted by atomic mass is 32.2. The van der Waals surface area contributed by atoms with Gasteiger partial charge in [-0.05, 0) is 38.3 Å². The summed E-state index contributed by atoms with van der Waals surface area (Å²) in [6.07, 6.45) is 3.39. The monoisotopic (exact) mass is 390 g/mol. The molecule has 0 aliphatic carbocycles. The van der Waals surface area contributed by atoms with E-state index in [1.807, 2.05) is 40.8 Å². The number of rotatable bonds is 7. The third-order valence-corrected chi connectivity index (χ3v) is 5.80. The number of thioether (sulfide) groups is 1. The van der Waals surface area contributed by atoms with E-state index in [1.54, 1.807) is 7.11 Å². The number of aromatic nitrogens is 3. The minimum Gasteiger partial charge on any atom is -0.493 e. The van der Waals surface area contributed by atoms with Crippen molar-refractivity contribution in [3.63, 3.8) is 0 Å². The summed E-state index contributed by atoms with van der Waals surface area (Å²) in [6.45, 7) is 3.26. The molecule has 1 saturated heterocycles. The van der Waals surface area contributed by atoms with Gasteiger partial charge < -0.3 is 18.9 Å². The van der Waals surface area contributed by atoms with Crippen LogP contribution in [0.5, 0.6) is 11.5 Å². The van der Waals surface area contributed by atoms with E-state index in [4.69, 9.17) is 9.47 Å². The molecule has 1 aromatic heterocycles. The fourth-order valence-electron chi connectivity index (χ4n) is 3.15. The molecule has 1 aromatic carbocycles. The minimum atomic E-state index is 0.169. The van der Waals surface area contributed by atoms with Crippen molar-refractivity contribution in [1.82, 2.24) is 19.7 Å². The molecule has 0 saturated carbocycles. The Balaban J connectivity index is 1.56. The van der Waals surface area contributed by atoms with Crippen LogP contribution in [0.25, 0.3) is 0 Å². The van der Waals surface area contributed by atoms with E-state index in [0.717, 1.165) is 19.4 Å². The molecule has 3 rings (SSSR count). The molecule has 1 atom stereocenters. The number of methoxy groups -OCH3 is 1. The van der Waals surface area contributed by atoms with Crippen molar-refractivity contribution >= 4 is 17.7 Å². The van der Waals surface area contributed by atoms with E-state index in [-0.39, 0.29) is 12.5 Å². The van der Waals surface area contributed by atoms with Crippen LogP contribution in [0.15, 0.2) is 29.4 Å². The van der Waals surface area contributed by atoms with Gasteiger partial charge in [-0.3, -0.25) is 4.79 Å². The largest absolute Gasteiger partial charge is 0.493 e. The topological polar surface area (TPSA) is 69.5 Å². The Morgan fingerprint density at radius 2 is 2.04 bits per heavy atom. The molecule has 1 aliphatic heterocycles. The van der Waals surface area contributed by atoms with Gasteiger partial charge in [0.25, 0.3) is 0 Å². The third-order valence-electron chi connectivity index (χ3n) is 4.80. The molecule has 0 unspecified atom stereocenters. The van der Waals surface area contributed by atoms with Gasteiger partial charge in [0.1, 0.15) is 6.61 Å². The second kappa shape index (κ2) is 9.12. The summed E-state index contributed by atoms with van der Waals surface area (Å²) < 4.78 is 13.0. The number of amides is 1. The van der Waals surface area contributed by atoms with Gasteiger partial charge in [0.15, 0.2) is 22.5 Å². The van der Waals surface area contributed by atoms with Gasteiger partial charge in [0, 0.05) is 19.6 Å². The van der Waals surface area contributed by atoms with Gasteiger partial charge in [0.05, 0.1) is 12.9 Å². The first-order valence-electron chi connectivity index (χ1n) is 9.16. The van der Waals surface area contributed by atoms with Crippen LogP contribution in [0.4, 0.5) is 0 Å². The predicted molar refractivity (Wildman–Crippen MR) is 104 cm³/mol. The van der Waals surface area contributed by atoms with Crippen molar-refractivity contribution in [1.29, 1.82) is 0 Å². The first-order valence-corrected chi connectivity index (χ1v) is 10.1.